The highest BCUT2D eigenvalue weighted by molar-refractivity contribution is 6.02. The largest absolute Gasteiger partial charge is 0.309 e. The molecule has 0 unspecified atom stereocenters. The molecule has 0 radical (unpaired) electrons. The fraction of sp³-hybridized carbons (Fsp3) is 0.0323. The Balaban J connectivity index is 1.47. The molecule has 0 saturated carbocycles. The van der Waals surface area contributed by atoms with Crippen molar-refractivity contribution in [3.05, 3.63) is 126 Å². The Labute approximate surface area is 187 Å². The van der Waals surface area contributed by atoms with Crippen LogP contribution in [0.5, 0.6) is 0 Å². The van der Waals surface area contributed by atoms with Gasteiger partial charge in [0.1, 0.15) is 0 Å². The first-order valence-electron chi connectivity index (χ1n) is 11.2. The Morgan fingerprint density at radius 2 is 1.19 bits per heavy atom. The van der Waals surface area contributed by atoms with Crippen molar-refractivity contribution in [1.29, 1.82) is 0 Å². The van der Waals surface area contributed by atoms with E-state index < -0.39 is 0 Å². The number of hydrogen-bond donors (Lipinski definition) is 0. The minimum Gasteiger partial charge on any atom is -0.309 e. The van der Waals surface area contributed by atoms with Crippen LogP contribution in [0.15, 0.2) is 115 Å². The third-order valence-electron chi connectivity index (χ3n) is 6.86. The molecule has 1 heteroatoms. The summed E-state index contributed by atoms with van der Waals surface area (Å²) in [7, 11) is 0. The van der Waals surface area contributed by atoms with Gasteiger partial charge >= 0.3 is 0 Å². The van der Waals surface area contributed by atoms with Gasteiger partial charge in [-0.05, 0) is 51.2 Å². The molecule has 0 fully saturated rings. The zero-order valence-corrected chi connectivity index (χ0v) is 17.6. The van der Waals surface area contributed by atoms with Gasteiger partial charge in [-0.25, -0.2) is 0 Å². The predicted molar refractivity (Wildman–Crippen MR) is 134 cm³/mol. The fourth-order valence-electron chi connectivity index (χ4n) is 5.40. The molecule has 0 atom stereocenters. The highest BCUT2D eigenvalue weighted by Crippen LogP contribution is 2.46. The van der Waals surface area contributed by atoms with Gasteiger partial charge in [0.05, 0.1) is 11.2 Å². The number of benzene rings is 5. The van der Waals surface area contributed by atoms with E-state index in [0.29, 0.717) is 0 Å². The van der Waals surface area contributed by atoms with Gasteiger partial charge in [-0.15, -0.1) is 0 Å². The maximum absolute atomic E-state index is 2.46. The molecule has 0 saturated heterocycles. The molecule has 1 aromatic heterocycles. The molecule has 1 heterocycles. The summed E-state index contributed by atoms with van der Waals surface area (Å²) in [4.78, 5) is 0. The van der Waals surface area contributed by atoms with Crippen molar-refractivity contribution >= 4 is 21.7 Å². The number of para-hydroxylation sites is 1. The molecular weight excluding hydrogens is 386 g/mol. The Kier molecular flexibility index (Phi) is 3.68. The van der Waals surface area contributed by atoms with Crippen molar-refractivity contribution < 1.29 is 0 Å². The van der Waals surface area contributed by atoms with E-state index in [2.05, 4.69) is 120 Å². The van der Waals surface area contributed by atoms with E-state index in [-0.39, 0.29) is 0 Å². The lowest BCUT2D eigenvalue weighted by Crippen LogP contribution is -1.97. The van der Waals surface area contributed by atoms with Crippen molar-refractivity contribution in [2.45, 2.75) is 6.42 Å². The normalized spacial score (nSPS) is 12.2. The zero-order chi connectivity index (χ0) is 21.1. The monoisotopic (exact) mass is 407 g/mol. The summed E-state index contributed by atoms with van der Waals surface area (Å²) < 4.78 is 2.46. The minimum absolute atomic E-state index is 0.988. The maximum atomic E-state index is 2.46. The first kappa shape index (κ1) is 17.6. The van der Waals surface area contributed by atoms with E-state index in [4.69, 9.17) is 0 Å². The van der Waals surface area contributed by atoms with Crippen LogP contribution in [-0.2, 0) is 6.42 Å². The van der Waals surface area contributed by atoms with Crippen LogP contribution in [0.25, 0.3) is 49.7 Å². The molecule has 1 nitrogen and oxygen atoms in total. The summed E-state index contributed by atoms with van der Waals surface area (Å²) in [5.74, 6) is 0. The number of nitrogens with zero attached hydrogens (tertiary/aromatic N) is 1. The molecule has 1 aliphatic carbocycles. The zero-order valence-electron chi connectivity index (χ0n) is 17.6. The molecule has 0 aliphatic heterocycles. The molecule has 6 aromatic rings. The molecule has 7 rings (SSSR count). The van der Waals surface area contributed by atoms with Crippen molar-refractivity contribution in [3.63, 3.8) is 0 Å². The summed E-state index contributed by atoms with van der Waals surface area (Å²) in [5, 5.41) is 4.05. The summed E-state index contributed by atoms with van der Waals surface area (Å²) in [6, 6.07) is 41.7. The lowest BCUT2D eigenvalue weighted by Gasteiger charge is -2.13. The average Bonchev–Trinajstić information content (AvgIpc) is 3.40. The van der Waals surface area contributed by atoms with E-state index in [1.54, 1.807) is 0 Å². The number of hydrogen-bond acceptors (Lipinski definition) is 0. The van der Waals surface area contributed by atoms with Crippen molar-refractivity contribution in [2.75, 3.05) is 0 Å². The van der Waals surface area contributed by atoms with Crippen LogP contribution in [0.2, 0.25) is 0 Å². The van der Waals surface area contributed by atoms with Gasteiger partial charge in [0, 0.05) is 23.1 Å². The van der Waals surface area contributed by atoms with Crippen LogP contribution in [0.3, 0.4) is 0 Å². The van der Waals surface area contributed by atoms with Crippen LogP contribution >= 0.6 is 0 Å². The van der Waals surface area contributed by atoms with Crippen molar-refractivity contribution in [3.8, 4) is 28.1 Å². The van der Waals surface area contributed by atoms with Gasteiger partial charge in [-0.2, -0.15) is 0 Å². The molecular formula is C31H21N. The number of aromatic nitrogens is 1. The topological polar surface area (TPSA) is 4.93 Å². The third-order valence-corrected chi connectivity index (χ3v) is 6.86. The molecule has 0 amide bonds. The predicted octanol–water partition coefficient (Wildman–Crippen LogP) is 8.02. The Bertz CT molecular complexity index is 1620. The van der Waals surface area contributed by atoms with Gasteiger partial charge in [0.2, 0.25) is 0 Å². The van der Waals surface area contributed by atoms with Crippen LogP contribution in [0.4, 0.5) is 0 Å². The maximum Gasteiger partial charge on any atom is 0.0579 e. The second-order valence-corrected chi connectivity index (χ2v) is 8.58. The van der Waals surface area contributed by atoms with Crippen molar-refractivity contribution in [1.82, 2.24) is 4.57 Å². The number of fused-ring (bicyclic) bond motifs is 7. The summed E-state index contributed by atoms with van der Waals surface area (Å²) in [5.41, 5.74) is 10.6. The van der Waals surface area contributed by atoms with Gasteiger partial charge in [0.15, 0.2) is 0 Å². The first-order valence-corrected chi connectivity index (χ1v) is 11.2. The van der Waals surface area contributed by atoms with Crippen LogP contribution in [0.1, 0.15) is 11.1 Å². The smallest absolute Gasteiger partial charge is 0.0579 e. The summed E-state index contributed by atoms with van der Waals surface area (Å²) in [6.45, 7) is 0. The SMILES string of the molecule is c1ccc(-c2ccc(-n3c4c(c5ccccc53)Cc3c-4ccc4ccccc34)cc2)cc1. The van der Waals surface area contributed by atoms with E-state index in [1.165, 1.54) is 60.9 Å². The minimum atomic E-state index is 0.988. The highest BCUT2D eigenvalue weighted by atomic mass is 15.0. The quantitative estimate of drug-likeness (QED) is 0.273. The van der Waals surface area contributed by atoms with Crippen LogP contribution in [0, 0.1) is 0 Å². The van der Waals surface area contributed by atoms with Crippen molar-refractivity contribution in [2.24, 2.45) is 0 Å². The van der Waals surface area contributed by atoms with E-state index in [1.807, 2.05) is 0 Å². The lowest BCUT2D eigenvalue weighted by molar-refractivity contribution is 1.13. The van der Waals surface area contributed by atoms with E-state index >= 15 is 0 Å². The van der Waals surface area contributed by atoms with Gasteiger partial charge in [-0.1, -0.05) is 97.1 Å². The summed E-state index contributed by atoms with van der Waals surface area (Å²) >= 11 is 0. The van der Waals surface area contributed by atoms with E-state index in [9.17, 15) is 0 Å². The van der Waals surface area contributed by atoms with Crippen LogP contribution < -0.4 is 0 Å². The Morgan fingerprint density at radius 3 is 2.03 bits per heavy atom. The molecule has 32 heavy (non-hydrogen) atoms. The second-order valence-electron chi connectivity index (χ2n) is 8.58. The van der Waals surface area contributed by atoms with Gasteiger partial charge < -0.3 is 4.57 Å². The number of rotatable bonds is 2. The molecule has 150 valence electrons. The first-order chi connectivity index (χ1) is 15.9. The summed E-state index contributed by atoms with van der Waals surface area (Å²) in [6.07, 6.45) is 0.988. The standard InChI is InChI=1S/C31H21N/c1-2-8-21(9-3-1)22-14-17-24(18-15-22)32-30-13-7-6-12-26(30)29-20-28-25-11-5-4-10-23(25)16-19-27(28)31(29)32/h1-19H,20H2. The van der Waals surface area contributed by atoms with Crippen LogP contribution in [-0.4, -0.2) is 4.57 Å². The molecule has 0 bridgehead atoms. The fourth-order valence-corrected chi connectivity index (χ4v) is 5.40. The van der Waals surface area contributed by atoms with Gasteiger partial charge in [-0.3, -0.25) is 0 Å². The molecule has 0 spiro atoms. The third kappa shape index (κ3) is 2.45. The van der Waals surface area contributed by atoms with Gasteiger partial charge in [0.25, 0.3) is 0 Å². The molecule has 5 aromatic carbocycles. The highest BCUT2D eigenvalue weighted by Gasteiger charge is 2.28. The molecule has 1 aliphatic rings. The Morgan fingerprint density at radius 1 is 0.500 bits per heavy atom. The molecule has 0 N–H and O–H groups in total. The van der Waals surface area contributed by atoms with E-state index in [0.717, 1.165) is 6.42 Å². The lowest BCUT2D eigenvalue weighted by atomic mass is 9.99. The second kappa shape index (κ2) is 6.70. The Hall–Kier alpha value is -4.10. The average molecular weight is 408 g/mol.